The zero-order chi connectivity index (χ0) is 16.9. The molecule has 0 amide bonds. The fraction of sp³-hybridized carbons (Fsp3) is 0.143. The molecule has 0 spiro atoms. The number of carbonyl (C=O) groups is 1. The number of benzene rings is 2. The molecule has 120 valence electrons. The third kappa shape index (κ3) is 3.51. The van der Waals surface area contributed by atoms with E-state index in [0.29, 0.717) is 11.1 Å². The van der Waals surface area contributed by atoms with E-state index in [2.05, 4.69) is 22.0 Å². The molecule has 0 aliphatic carbocycles. The zero-order valence-electron chi connectivity index (χ0n) is 13.9. The summed E-state index contributed by atoms with van der Waals surface area (Å²) in [4.78, 5) is 19.2. The average molecular weight is 316 g/mol. The van der Waals surface area contributed by atoms with Gasteiger partial charge in [0.25, 0.3) is 0 Å². The maximum absolute atomic E-state index is 12.6. The number of ketones is 1. The van der Waals surface area contributed by atoms with Gasteiger partial charge in [-0.3, -0.25) is 4.79 Å². The summed E-state index contributed by atoms with van der Waals surface area (Å²) in [6.07, 6.45) is 1.68. The van der Waals surface area contributed by atoms with Crippen LogP contribution in [0.15, 0.2) is 72.9 Å². The highest BCUT2D eigenvalue weighted by Gasteiger charge is 2.13. The van der Waals surface area contributed by atoms with Gasteiger partial charge < -0.3 is 4.90 Å². The van der Waals surface area contributed by atoms with Crippen LogP contribution in [-0.2, 0) is 6.54 Å². The molecule has 3 heteroatoms. The van der Waals surface area contributed by atoms with E-state index in [4.69, 9.17) is 0 Å². The summed E-state index contributed by atoms with van der Waals surface area (Å²) in [6, 6.07) is 21.5. The van der Waals surface area contributed by atoms with E-state index in [-0.39, 0.29) is 5.78 Å². The third-order valence-corrected chi connectivity index (χ3v) is 4.03. The Morgan fingerprint density at radius 3 is 2.25 bits per heavy atom. The smallest absolute Gasteiger partial charge is 0.194 e. The SMILES string of the molecule is Cc1cc(N(C)Cc2ccccc2)ncc1C(=O)c1ccccc1. The normalized spacial score (nSPS) is 10.4. The summed E-state index contributed by atoms with van der Waals surface area (Å²) < 4.78 is 0. The van der Waals surface area contributed by atoms with Crippen molar-refractivity contribution in [1.29, 1.82) is 0 Å². The molecule has 0 fully saturated rings. The molecule has 24 heavy (non-hydrogen) atoms. The second kappa shape index (κ2) is 7.09. The Morgan fingerprint density at radius 2 is 1.62 bits per heavy atom. The minimum atomic E-state index is 0.0119. The number of aromatic nitrogens is 1. The fourth-order valence-electron chi connectivity index (χ4n) is 2.67. The van der Waals surface area contributed by atoms with Crippen LogP contribution in [0, 0.1) is 6.92 Å². The number of hydrogen-bond donors (Lipinski definition) is 0. The first-order valence-corrected chi connectivity index (χ1v) is 7.96. The molecule has 0 aliphatic heterocycles. The molecule has 3 nitrogen and oxygen atoms in total. The van der Waals surface area contributed by atoms with E-state index in [0.717, 1.165) is 17.9 Å². The minimum Gasteiger partial charge on any atom is -0.355 e. The van der Waals surface area contributed by atoms with Crippen LogP contribution in [0.5, 0.6) is 0 Å². The molecule has 1 heterocycles. The standard InChI is InChI=1S/C21H20N2O/c1-16-13-20(23(2)15-17-9-5-3-6-10-17)22-14-19(16)21(24)18-11-7-4-8-12-18/h3-14H,15H2,1-2H3. The molecule has 0 bridgehead atoms. The van der Waals surface area contributed by atoms with E-state index in [1.807, 2.05) is 68.6 Å². The van der Waals surface area contributed by atoms with Crippen LogP contribution in [0.3, 0.4) is 0 Å². The lowest BCUT2D eigenvalue weighted by Gasteiger charge is -2.19. The molecule has 0 unspecified atom stereocenters. The Bertz CT molecular complexity index is 829. The molecule has 0 saturated carbocycles. The number of pyridine rings is 1. The van der Waals surface area contributed by atoms with Crippen molar-refractivity contribution in [3.05, 3.63) is 95.2 Å². The van der Waals surface area contributed by atoms with Crippen LogP contribution in [0.4, 0.5) is 5.82 Å². The van der Waals surface area contributed by atoms with E-state index in [9.17, 15) is 4.79 Å². The quantitative estimate of drug-likeness (QED) is 0.660. The van der Waals surface area contributed by atoms with Gasteiger partial charge in [-0.15, -0.1) is 0 Å². The molecule has 0 aliphatic rings. The van der Waals surface area contributed by atoms with Crippen LogP contribution in [0.2, 0.25) is 0 Å². The number of carbonyl (C=O) groups excluding carboxylic acids is 1. The van der Waals surface area contributed by atoms with Gasteiger partial charge in [0.05, 0.1) is 0 Å². The lowest BCUT2D eigenvalue weighted by Crippen LogP contribution is -2.18. The predicted molar refractivity (Wildman–Crippen MR) is 97.4 cm³/mol. The molecule has 3 rings (SSSR count). The first-order chi connectivity index (χ1) is 11.6. The summed E-state index contributed by atoms with van der Waals surface area (Å²) in [5.74, 6) is 0.874. The van der Waals surface area contributed by atoms with Gasteiger partial charge in [0, 0.05) is 30.9 Å². The van der Waals surface area contributed by atoms with Crippen LogP contribution in [-0.4, -0.2) is 17.8 Å². The molecule has 2 aromatic carbocycles. The molecule has 0 radical (unpaired) electrons. The van der Waals surface area contributed by atoms with Crippen molar-refractivity contribution in [2.45, 2.75) is 13.5 Å². The average Bonchev–Trinajstić information content (AvgIpc) is 2.62. The first-order valence-electron chi connectivity index (χ1n) is 7.96. The lowest BCUT2D eigenvalue weighted by atomic mass is 10.0. The van der Waals surface area contributed by atoms with Crippen molar-refractivity contribution in [1.82, 2.24) is 4.98 Å². The minimum absolute atomic E-state index is 0.0119. The van der Waals surface area contributed by atoms with Crippen LogP contribution in [0.25, 0.3) is 0 Å². The fourth-order valence-corrected chi connectivity index (χ4v) is 2.67. The number of anilines is 1. The molecule has 0 atom stereocenters. The van der Waals surface area contributed by atoms with Gasteiger partial charge in [0.15, 0.2) is 5.78 Å². The van der Waals surface area contributed by atoms with Crippen molar-refractivity contribution >= 4 is 11.6 Å². The van der Waals surface area contributed by atoms with Gasteiger partial charge >= 0.3 is 0 Å². The summed E-state index contributed by atoms with van der Waals surface area (Å²) in [5.41, 5.74) is 3.50. The largest absolute Gasteiger partial charge is 0.355 e. The van der Waals surface area contributed by atoms with Crippen LogP contribution < -0.4 is 4.90 Å². The lowest BCUT2D eigenvalue weighted by molar-refractivity contribution is 0.103. The number of nitrogens with zero attached hydrogens (tertiary/aromatic N) is 2. The highest BCUT2D eigenvalue weighted by atomic mass is 16.1. The number of hydrogen-bond acceptors (Lipinski definition) is 3. The molecule has 1 aromatic heterocycles. The van der Waals surface area contributed by atoms with Crippen molar-refractivity contribution in [2.75, 3.05) is 11.9 Å². The maximum atomic E-state index is 12.6. The Hall–Kier alpha value is -2.94. The van der Waals surface area contributed by atoms with Crippen molar-refractivity contribution in [2.24, 2.45) is 0 Å². The number of rotatable bonds is 5. The van der Waals surface area contributed by atoms with Gasteiger partial charge in [-0.25, -0.2) is 4.98 Å². The summed E-state index contributed by atoms with van der Waals surface area (Å²) >= 11 is 0. The Balaban J connectivity index is 1.81. The summed E-state index contributed by atoms with van der Waals surface area (Å²) in [6.45, 7) is 2.73. The highest BCUT2D eigenvalue weighted by molar-refractivity contribution is 6.09. The van der Waals surface area contributed by atoms with Gasteiger partial charge in [-0.05, 0) is 24.1 Å². The Kier molecular flexibility index (Phi) is 4.71. The molecular weight excluding hydrogens is 296 g/mol. The van der Waals surface area contributed by atoms with E-state index in [1.165, 1.54) is 5.56 Å². The number of aryl methyl sites for hydroxylation is 1. The summed E-state index contributed by atoms with van der Waals surface area (Å²) in [5, 5.41) is 0. The van der Waals surface area contributed by atoms with E-state index >= 15 is 0 Å². The second-order valence-corrected chi connectivity index (χ2v) is 5.89. The molecule has 0 saturated heterocycles. The van der Waals surface area contributed by atoms with Crippen molar-refractivity contribution in [3.63, 3.8) is 0 Å². The van der Waals surface area contributed by atoms with Crippen molar-refractivity contribution in [3.8, 4) is 0 Å². The molecular formula is C21H20N2O. The van der Waals surface area contributed by atoms with Crippen LogP contribution >= 0.6 is 0 Å². The van der Waals surface area contributed by atoms with Crippen LogP contribution in [0.1, 0.15) is 27.0 Å². The van der Waals surface area contributed by atoms with E-state index in [1.54, 1.807) is 6.20 Å². The van der Waals surface area contributed by atoms with Gasteiger partial charge in [-0.1, -0.05) is 60.7 Å². The highest BCUT2D eigenvalue weighted by Crippen LogP contribution is 2.19. The van der Waals surface area contributed by atoms with Crippen molar-refractivity contribution < 1.29 is 4.79 Å². The summed E-state index contributed by atoms with van der Waals surface area (Å²) in [7, 11) is 2.01. The Labute approximate surface area is 142 Å². The topological polar surface area (TPSA) is 33.2 Å². The predicted octanol–water partition coefficient (Wildman–Crippen LogP) is 4.26. The zero-order valence-corrected chi connectivity index (χ0v) is 13.9. The molecule has 3 aromatic rings. The molecule has 0 N–H and O–H groups in total. The van der Waals surface area contributed by atoms with Gasteiger partial charge in [0.1, 0.15) is 5.82 Å². The Morgan fingerprint density at radius 1 is 1.00 bits per heavy atom. The maximum Gasteiger partial charge on any atom is 0.194 e. The van der Waals surface area contributed by atoms with E-state index < -0.39 is 0 Å². The monoisotopic (exact) mass is 316 g/mol. The van der Waals surface area contributed by atoms with Gasteiger partial charge in [-0.2, -0.15) is 0 Å². The third-order valence-electron chi connectivity index (χ3n) is 4.03. The second-order valence-electron chi connectivity index (χ2n) is 5.89. The first kappa shape index (κ1) is 15.9. The van der Waals surface area contributed by atoms with Gasteiger partial charge in [0.2, 0.25) is 0 Å².